The number of carbonyl (C=O) groups is 1. The van der Waals surface area contributed by atoms with Crippen LogP contribution in [0.2, 0.25) is 0 Å². The molecule has 2 rings (SSSR count). The van der Waals surface area contributed by atoms with E-state index in [4.69, 9.17) is 4.74 Å². The average molecular weight is 277 g/mol. The van der Waals surface area contributed by atoms with Crippen LogP contribution in [-0.4, -0.2) is 43.7 Å². The molecule has 4 heteroatoms. The summed E-state index contributed by atoms with van der Waals surface area (Å²) in [5.74, 6) is -0.134. The topological polar surface area (TPSA) is 38.8 Å². The highest BCUT2D eigenvalue weighted by atomic mass is 16.5. The van der Waals surface area contributed by atoms with Crippen LogP contribution >= 0.6 is 0 Å². The molecule has 0 aliphatic carbocycles. The molecule has 20 heavy (non-hydrogen) atoms. The molecule has 0 amide bonds. The molecule has 0 unspecified atom stereocenters. The van der Waals surface area contributed by atoms with Crippen molar-refractivity contribution >= 4 is 5.97 Å². The molecule has 0 saturated carbocycles. The maximum atomic E-state index is 11.2. The molecule has 0 N–H and O–H groups in total. The molecule has 0 spiro atoms. The molecule has 1 aromatic rings. The minimum absolute atomic E-state index is 0.130. The molecular weight excluding hydrogens is 254 g/mol. The van der Waals surface area contributed by atoms with Gasteiger partial charge in [-0.15, -0.1) is 0 Å². The molecule has 1 heterocycles. The molecule has 1 fully saturated rings. The van der Waals surface area contributed by atoms with Crippen LogP contribution in [0.5, 0.6) is 0 Å². The molecule has 0 bridgehead atoms. The van der Waals surface area contributed by atoms with E-state index in [1.54, 1.807) is 0 Å². The Morgan fingerprint density at radius 2 is 2.15 bits per heavy atom. The molecular formula is C16H23NO3. The monoisotopic (exact) mass is 277 g/mol. The number of esters is 1. The summed E-state index contributed by atoms with van der Waals surface area (Å²) in [7, 11) is 1.44. The van der Waals surface area contributed by atoms with Crippen LogP contribution in [0.25, 0.3) is 0 Å². The van der Waals surface area contributed by atoms with Gasteiger partial charge in [0.05, 0.1) is 19.8 Å². The average Bonchev–Trinajstić information content (AvgIpc) is 2.49. The third kappa shape index (κ3) is 4.05. The minimum Gasteiger partial charge on any atom is -0.469 e. The van der Waals surface area contributed by atoms with Crippen molar-refractivity contribution in [1.29, 1.82) is 0 Å². The summed E-state index contributed by atoms with van der Waals surface area (Å²) < 4.78 is 10.6. The van der Waals surface area contributed by atoms with Gasteiger partial charge in [-0.25, -0.2) is 0 Å². The molecule has 1 aliphatic heterocycles. The maximum Gasteiger partial charge on any atom is 0.305 e. The van der Waals surface area contributed by atoms with Gasteiger partial charge in [-0.1, -0.05) is 30.3 Å². The Balaban J connectivity index is 1.87. The van der Waals surface area contributed by atoms with E-state index in [1.807, 2.05) is 18.2 Å². The lowest BCUT2D eigenvalue weighted by Gasteiger charge is -2.38. The fourth-order valence-electron chi connectivity index (χ4n) is 2.52. The van der Waals surface area contributed by atoms with Crippen molar-refractivity contribution in [3.63, 3.8) is 0 Å². The SMILES string of the molecule is COC(=O)CCCN1C[C@H](c2ccccc2)OC[C@@H]1C. The normalized spacial score (nSPS) is 23.5. The summed E-state index contributed by atoms with van der Waals surface area (Å²) in [4.78, 5) is 13.5. The second-order valence-corrected chi connectivity index (χ2v) is 5.26. The fraction of sp³-hybridized carbons (Fsp3) is 0.562. The van der Waals surface area contributed by atoms with Crippen LogP contribution in [0.3, 0.4) is 0 Å². The number of rotatable bonds is 5. The number of carbonyl (C=O) groups excluding carboxylic acids is 1. The molecule has 4 nitrogen and oxygen atoms in total. The highest BCUT2D eigenvalue weighted by molar-refractivity contribution is 5.69. The van der Waals surface area contributed by atoms with Crippen molar-refractivity contribution in [3.8, 4) is 0 Å². The lowest BCUT2D eigenvalue weighted by molar-refractivity contribution is -0.140. The van der Waals surface area contributed by atoms with E-state index in [0.29, 0.717) is 12.5 Å². The van der Waals surface area contributed by atoms with Gasteiger partial charge < -0.3 is 9.47 Å². The van der Waals surface area contributed by atoms with E-state index in [0.717, 1.165) is 26.1 Å². The third-order valence-electron chi connectivity index (χ3n) is 3.79. The number of hydrogen-bond donors (Lipinski definition) is 0. The van der Waals surface area contributed by atoms with Crippen LogP contribution in [0.15, 0.2) is 30.3 Å². The molecule has 1 aliphatic rings. The minimum atomic E-state index is -0.134. The summed E-state index contributed by atoms with van der Waals surface area (Å²) in [5, 5.41) is 0. The van der Waals surface area contributed by atoms with Gasteiger partial charge in [-0.05, 0) is 25.5 Å². The Hall–Kier alpha value is -1.39. The first-order valence-corrected chi connectivity index (χ1v) is 7.18. The molecule has 0 radical (unpaired) electrons. The Morgan fingerprint density at radius 1 is 1.40 bits per heavy atom. The lowest BCUT2D eigenvalue weighted by atomic mass is 10.1. The predicted molar refractivity (Wildman–Crippen MR) is 77.4 cm³/mol. The van der Waals surface area contributed by atoms with Gasteiger partial charge in [-0.2, -0.15) is 0 Å². The zero-order valence-electron chi connectivity index (χ0n) is 12.2. The lowest BCUT2D eigenvalue weighted by Crippen LogP contribution is -2.45. The van der Waals surface area contributed by atoms with Crippen LogP contribution in [0, 0.1) is 0 Å². The van der Waals surface area contributed by atoms with Gasteiger partial charge in [-0.3, -0.25) is 9.69 Å². The number of benzene rings is 1. The van der Waals surface area contributed by atoms with Gasteiger partial charge in [0, 0.05) is 19.0 Å². The summed E-state index contributed by atoms with van der Waals surface area (Å²) in [6.45, 7) is 4.69. The van der Waals surface area contributed by atoms with Crippen molar-refractivity contribution in [2.45, 2.75) is 31.9 Å². The summed E-state index contributed by atoms with van der Waals surface area (Å²) in [5.41, 5.74) is 1.22. The van der Waals surface area contributed by atoms with E-state index in [2.05, 4.69) is 28.7 Å². The number of hydrogen-bond acceptors (Lipinski definition) is 4. The van der Waals surface area contributed by atoms with Crippen molar-refractivity contribution in [2.24, 2.45) is 0 Å². The summed E-state index contributed by atoms with van der Waals surface area (Å²) in [6.07, 6.45) is 1.44. The number of nitrogens with zero attached hydrogens (tertiary/aromatic N) is 1. The zero-order chi connectivity index (χ0) is 14.4. The first-order chi connectivity index (χ1) is 9.70. The Kier molecular flexibility index (Phi) is 5.56. The molecule has 110 valence electrons. The standard InChI is InChI=1S/C16H23NO3/c1-13-12-20-15(14-7-4-3-5-8-14)11-17(13)10-6-9-16(18)19-2/h3-5,7-8,13,15H,6,9-12H2,1-2H3/t13-,15+/m0/s1. The Morgan fingerprint density at radius 3 is 2.85 bits per heavy atom. The number of methoxy groups -OCH3 is 1. The van der Waals surface area contributed by atoms with Crippen LogP contribution in [-0.2, 0) is 14.3 Å². The largest absolute Gasteiger partial charge is 0.469 e. The van der Waals surface area contributed by atoms with E-state index >= 15 is 0 Å². The van der Waals surface area contributed by atoms with Gasteiger partial charge >= 0.3 is 5.97 Å². The number of ether oxygens (including phenoxy) is 2. The van der Waals surface area contributed by atoms with E-state index < -0.39 is 0 Å². The van der Waals surface area contributed by atoms with Crippen molar-refractivity contribution in [1.82, 2.24) is 4.90 Å². The third-order valence-corrected chi connectivity index (χ3v) is 3.79. The fourth-order valence-corrected chi connectivity index (χ4v) is 2.52. The van der Waals surface area contributed by atoms with Gasteiger partial charge in [0.25, 0.3) is 0 Å². The summed E-state index contributed by atoms with van der Waals surface area (Å²) in [6, 6.07) is 10.7. The van der Waals surface area contributed by atoms with E-state index in [9.17, 15) is 4.79 Å². The van der Waals surface area contributed by atoms with Gasteiger partial charge in [0.1, 0.15) is 0 Å². The second kappa shape index (κ2) is 7.41. The molecule has 1 saturated heterocycles. The maximum absolute atomic E-state index is 11.2. The highest BCUT2D eigenvalue weighted by Crippen LogP contribution is 2.24. The molecule has 2 atom stereocenters. The first kappa shape index (κ1) is 15.0. The first-order valence-electron chi connectivity index (χ1n) is 7.18. The quantitative estimate of drug-likeness (QED) is 0.775. The van der Waals surface area contributed by atoms with Crippen molar-refractivity contribution < 1.29 is 14.3 Å². The zero-order valence-corrected chi connectivity index (χ0v) is 12.2. The second-order valence-electron chi connectivity index (χ2n) is 5.26. The number of morpholine rings is 1. The van der Waals surface area contributed by atoms with E-state index in [-0.39, 0.29) is 12.1 Å². The van der Waals surface area contributed by atoms with Gasteiger partial charge in [0.15, 0.2) is 0 Å². The molecule has 1 aromatic carbocycles. The van der Waals surface area contributed by atoms with E-state index in [1.165, 1.54) is 12.7 Å². The Labute approximate surface area is 120 Å². The predicted octanol–water partition coefficient (Wildman–Crippen LogP) is 2.40. The van der Waals surface area contributed by atoms with Crippen molar-refractivity contribution in [2.75, 3.05) is 26.8 Å². The Bertz CT molecular complexity index is 421. The molecule has 0 aromatic heterocycles. The van der Waals surface area contributed by atoms with Crippen molar-refractivity contribution in [3.05, 3.63) is 35.9 Å². The summed E-state index contributed by atoms with van der Waals surface area (Å²) >= 11 is 0. The van der Waals surface area contributed by atoms with Crippen LogP contribution < -0.4 is 0 Å². The smallest absolute Gasteiger partial charge is 0.305 e. The van der Waals surface area contributed by atoms with Crippen LogP contribution in [0.1, 0.15) is 31.4 Å². The van der Waals surface area contributed by atoms with Crippen LogP contribution in [0.4, 0.5) is 0 Å². The highest BCUT2D eigenvalue weighted by Gasteiger charge is 2.26. The van der Waals surface area contributed by atoms with Gasteiger partial charge in [0.2, 0.25) is 0 Å².